The van der Waals surface area contributed by atoms with Crippen LogP contribution in [0, 0.1) is 5.92 Å². The van der Waals surface area contributed by atoms with E-state index in [1.54, 1.807) is 30.2 Å². The summed E-state index contributed by atoms with van der Waals surface area (Å²) >= 11 is 0. The van der Waals surface area contributed by atoms with Crippen LogP contribution in [0.15, 0.2) is 48.2 Å². The quantitative estimate of drug-likeness (QED) is 0.451. The van der Waals surface area contributed by atoms with Crippen molar-refractivity contribution in [2.75, 3.05) is 20.2 Å². The van der Waals surface area contributed by atoms with Crippen molar-refractivity contribution in [2.24, 2.45) is 5.92 Å². The molecule has 0 saturated carbocycles. The number of methoxy groups -OCH3 is 1. The number of carbonyl (C=O) groups excluding carboxylic acids is 2. The maximum absolute atomic E-state index is 13.2. The van der Waals surface area contributed by atoms with Crippen molar-refractivity contribution in [3.63, 3.8) is 0 Å². The lowest BCUT2D eigenvalue weighted by atomic mass is 9.95. The summed E-state index contributed by atoms with van der Waals surface area (Å²) in [5, 5.41) is 8.23. The van der Waals surface area contributed by atoms with Crippen molar-refractivity contribution < 1.29 is 23.8 Å². The Morgan fingerprint density at radius 3 is 2.65 bits per heavy atom. The predicted molar refractivity (Wildman–Crippen MR) is 142 cm³/mol. The lowest BCUT2D eigenvalue weighted by Crippen LogP contribution is -2.41. The van der Waals surface area contributed by atoms with Crippen LogP contribution < -0.4 is 9.47 Å². The number of H-pyrrole nitrogens is 1. The molecule has 1 fully saturated rings. The molecule has 2 aliphatic heterocycles. The van der Waals surface area contributed by atoms with Crippen molar-refractivity contribution in [1.82, 2.24) is 15.1 Å². The molecule has 2 aromatic carbocycles. The van der Waals surface area contributed by atoms with Gasteiger partial charge in [0.25, 0.3) is 0 Å². The van der Waals surface area contributed by atoms with Crippen molar-refractivity contribution in [3.8, 4) is 11.5 Å². The topological polar surface area (TPSA) is 93.8 Å². The summed E-state index contributed by atoms with van der Waals surface area (Å²) in [4.78, 5) is 27.3. The molecular formula is C29H31N3O5. The second-order valence-corrected chi connectivity index (χ2v) is 10.3. The maximum atomic E-state index is 13.2. The van der Waals surface area contributed by atoms with Crippen LogP contribution in [-0.2, 0) is 4.74 Å². The van der Waals surface area contributed by atoms with Gasteiger partial charge >= 0.3 is 6.09 Å². The zero-order chi connectivity index (χ0) is 26.2. The highest BCUT2D eigenvalue weighted by Gasteiger charge is 2.32. The highest BCUT2D eigenvalue weighted by Crippen LogP contribution is 2.41. The smallest absolute Gasteiger partial charge is 0.410 e. The van der Waals surface area contributed by atoms with Gasteiger partial charge in [-0.2, -0.15) is 5.10 Å². The Labute approximate surface area is 215 Å². The van der Waals surface area contributed by atoms with Gasteiger partial charge in [0.2, 0.25) is 5.78 Å². The molecule has 2 aliphatic rings. The van der Waals surface area contributed by atoms with E-state index in [4.69, 9.17) is 14.2 Å². The molecule has 8 nitrogen and oxygen atoms in total. The normalized spacial score (nSPS) is 17.5. The Morgan fingerprint density at radius 1 is 1.16 bits per heavy atom. The van der Waals surface area contributed by atoms with Crippen molar-refractivity contribution in [3.05, 3.63) is 65.1 Å². The van der Waals surface area contributed by atoms with Crippen LogP contribution in [0.5, 0.6) is 11.5 Å². The molecular weight excluding hydrogens is 470 g/mol. The molecule has 1 amide bonds. The lowest BCUT2D eigenvalue weighted by molar-refractivity contribution is 0.0197. The largest absolute Gasteiger partial charge is 0.496 e. The van der Waals surface area contributed by atoms with Crippen LogP contribution in [0.1, 0.15) is 55.2 Å². The fourth-order valence-corrected chi connectivity index (χ4v) is 4.64. The summed E-state index contributed by atoms with van der Waals surface area (Å²) in [5.41, 5.74) is 2.24. The third kappa shape index (κ3) is 5.09. The Bertz CT molecular complexity index is 1400. The summed E-state index contributed by atoms with van der Waals surface area (Å²) < 4.78 is 17.2. The summed E-state index contributed by atoms with van der Waals surface area (Å²) in [5.74, 6) is 1.42. The van der Waals surface area contributed by atoms with Crippen molar-refractivity contribution in [1.29, 1.82) is 0 Å². The summed E-state index contributed by atoms with van der Waals surface area (Å²) in [6, 6.07) is 11.3. The van der Waals surface area contributed by atoms with Crippen LogP contribution in [0.25, 0.3) is 23.1 Å². The number of aromatic nitrogens is 2. The van der Waals surface area contributed by atoms with Crippen molar-refractivity contribution >= 4 is 34.9 Å². The minimum absolute atomic E-state index is 0.190. The molecule has 0 spiro atoms. The molecule has 192 valence electrons. The van der Waals surface area contributed by atoms with Gasteiger partial charge in [0.15, 0.2) is 5.76 Å². The third-order valence-electron chi connectivity index (χ3n) is 6.55. The number of ether oxygens (including phenoxy) is 3. The standard InChI is InChI=1S/C29H31N3O5/c1-29(2,3)37-28(34)32-15-13-18(14-16-32)9-10-20-24(35-4)12-11-21-26(33)25(36-27(20)21)17-23-19-7-5-6-8-22(19)30-31-23/h5-12,17-18H,13-16H2,1-4H3,(H,30,31)/b10-9+,25-17-. The lowest BCUT2D eigenvalue weighted by Gasteiger charge is -2.32. The first-order chi connectivity index (χ1) is 17.7. The predicted octanol–water partition coefficient (Wildman–Crippen LogP) is 5.85. The average molecular weight is 502 g/mol. The molecule has 1 N–H and O–H groups in total. The van der Waals surface area contributed by atoms with Crippen LogP contribution >= 0.6 is 0 Å². The molecule has 0 bridgehead atoms. The van der Waals surface area contributed by atoms with E-state index < -0.39 is 5.60 Å². The second-order valence-electron chi connectivity index (χ2n) is 10.3. The van der Waals surface area contributed by atoms with E-state index in [2.05, 4.69) is 16.3 Å². The Kier molecular flexibility index (Phi) is 6.50. The zero-order valence-electron chi connectivity index (χ0n) is 21.5. The highest BCUT2D eigenvalue weighted by molar-refractivity contribution is 6.15. The fraction of sp³-hybridized carbons (Fsp3) is 0.345. The molecule has 0 aliphatic carbocycles. The molecule has 0 unspecified atom stereocenters. The van der Waals surface area contributed by atoms with Crippen LogP contribution in [0.2, 0.25) is 0 Å². The summed E-state index contributed by atoms with van der Waals surface area (Å²) in [6.07, 6.45) is 7.13. The average Bonchev–Trinajstić information content (AvgIpc) is 3.43. The van der Waals surface area contributed by atoms with Gasteiger partial charge in [-0.25, -0.2) is 4.79 Å². The number of rotatable bonds is 4. The number of allylic oxidation sites excluding steroid dienone is 2. The maximum Gasteiger partial charge on any atom is 0.410 e. The Balaban J connectivity index is 1.34. The van der Waals surface area contributed by atoms with Gasteiger partial charge < -0.3 is 19.1 Å². The fourth-order valence-electron chi connectivity index (χ4n) is 4.64. The van der Waals surface area contributed by atoms with E-state index in [9.17, 15) is 9.59 Å². The van der Waals surface area contributed by atoms with E-state index in [0.717, 1.165) is 29.3 Å². The van der Waals surface area contributed by atoms with E-state index in [1.165, 1.54) is 0 Å². The Morgan fingerprint density at radius 2 is 1.92 bits per heavy atom. The van der Waals surface area contributed by atoms with E-state index in [0.29, 0.717) is 35.8 Å². The number of benzene rings is 2. The van der Waals surface area contributed by atoms with Gasteiger partial charge in [-0.05, 0) is 57.7 Å². The minimum atomic E-state index is -0.507. The number of nitrogens with zero attached hydrogens (tertiary/aromatic N) is 2. The molecule has 5 rings (SSSR count). The number of Topliss-reactive ketones (excluding diaryl/α,β-unsaturated/α-hetero) is 1. The summed E-state index contributed by atoms with van der Waals surface area (Å²) in [6.45, 7) is 6.88. The minimum Gasteiger partial charge on any atom is -0.496 e. The third-order valence-corrected chi connectivity index (χ3v) is 6.55. The summed E-state index contributed by atoms with van der Waals surface area (Å²) in [7, 11) is 1.60. The number of ketones is 1. The number of hydrogen-bond donors (Lipinski definition) is 1. The number of hydrogen-bond acceptors (Lipinski definition) is 6. The van der Waals surface area contributed by atoms with Gasteiger partial charge in [0.1, 0.15) is 17.1 Å². The van der Waals surface area contributed by atoms with Gasteiger partial charge in [0, 0.05) is 24.6 Å². The van der Waals surface area contributed by atoms with Gasteiger partial charge in [0.05, 0.1) is 29.4 Å². The number of fused-ring (bicyclic) bond motifs is 2. The second kappa shape index (κ2) is 9.76. The first-order valence-electron chi connectivity index (χ1n) is 12.5. The van der Waals surface area contributed by atoms with E-state index in [1.807, 2.05) is 51.1 Å². The van der Waals surface area contributed by atoms with Crippen molar-refractivity contribution in [2.45, 2.75) is 39.2 Å². The van der Waals surface area contributed by atoms with Gasteiger partial charge in [-0.15, -0.1) is 0 Å². The Hall–Kier alpha value is -4.07. The molecule has 8 heteroatoms. The molecule has 0 radical (unpaired) electrons. The zero-order valence-corrected chi connectivity index (χ0v) is 21.5. The van der Waals surface area contributed by atoms with Crippen LogP contribution in [0.3, 0.4) is 0 Å². The molecule has 1 aromatic heterocycles. The molecule has 1 saturated heterocycles. The van der Waals surface area contributed by atoms with Gasteiger partial charge in [-0.3, -0.25) is 9.89 Å². The molecule has 0 atom stereocenters. The van der Waals surface area contributed by atoms with E-state index >= 15 is 0 Å². The van der Waals surface area contributed by atoms with E-state index in [-0.39, 0.29) is 23.6 Å². The first-order valence-corrected chi connectivity index (χ1v) is 12.5. The monoisotopic (exact) mass is 501 g/mol. The number of likely N-dealkylation sites (tertiary alicyclic amines) is 1. The number of nitrogens with one attached hydrogen (secondary N) is 1. The number of carbonyl (C=O) groups is 2. The van der Waals surface area contributed by atoms with Crippen LogP contribution in [0.4, 0.5) is 4.79 Å². The molecule has 37 heavy (non-hydrogen) atoms. The number of aromatic amines is 1. The molecule has 3 aromatic rings. The first kappa shape index (κ1) is 24.6. The number of amides is 1. The number of piperidine rings is 1. The molecule has 3 heterocycles. The van der Waals surface area contributed by atoms with Gasteiger partial charge in [-0.1, -0.05) is 30.4 Å². The van der Waals surface area contributed by atoms with Crippen LogP contribution in [-0.4, -0.2) is 52.8 Å². The SMILES string of the molecule is COc1ccc2c(c1/C=C/C1CCN(C(=O)OC(C)(C)C)CC1)O/C(=C\c1n[nH]c3ccccc13)C2=O. The number of para-hydroxylation sites is 1. The highest BCUT2D eigenvalue weighted by atomic mass is 16.6.